The van der Waals surface area contributed by atoms with E-state index in [-0.39, 0.29) is 12.1 Å². The lowest BCUT2D eigenvalue weighted by atomic mass is 10.2. The van der Waals surface area contributed by atoms with Gasteiger partial charge in [-0.05, 0) is 31.0 Å². The molecule has 2 rings (SSSR count). The molecule has 0 bridgehead atoms. The summed E-state index contributed by atoms with van der Waals surface area (Å²) in [5.41, 5.74) is 0.701. The van der Waals surface area contributed by atoms with Crippen LogP contribution in [-0.2, 0) is 4.74 Å². The number of halogens is 1. The van der Waals surface area contributed by atoms with Crippen molar-refractivity contribution < 1.29 is 9.53 Å². The third-order valence-corrected chi connectivity index (χ3v) is 3.16. The maximum Gasteiger partial charge on any atom is 0.321 e. The highest BCUT2D eigenvalue weighted by Crippen LogP contribution is 2.16. The van der Waals surface area contributed by atoms with Gasteiger partial charge in [-0.1, -0.05) is 17.7 Å². The van der Waals surface area contributed by atoms with E-state index in [2.05, 4.69) is 5.32 Å². The molecular formula is C13H17ClN2O2. The lowest BCUT2D eigenvalue weighted by Gasteiger charge is -2.21. The number of amides is 2. The Morgan fingerprint density at radius 2 is 2.44 bits per heavy atom. The van der Waals surface area contributed by atoms with Crippen molar-refractivity contribution in [1.29, 1.82) is 0 Å². The average Bonchev–Trinajstić information content (AvgIpc) is 2.81. The van der Waals surface area contributed by atoms with E-state index in [0.717, 1.165) is 19.4 Å². The molecule has 0 saturated carbocycles. The Hall–Kier alpha value is -1.26. The first-order valence-electron chi connectivity index (χ1n) is 6.04. The molecule has 1 N–H and O–H groups in total. The van der Waals surface area contributed by atoms with E-state index in [0.29, 0.717) is 17.3 Å². The minimum atomic E-state index is -0.146. The van der Waals surface area contributed by atoms with E-state index >= 15 is 0 Å². The van der Waals surface area contributed by atoms with E-state index in [1.54, 1.807) is 30.1 Å². The lowest BCUT2D eigenvalue weighted by molar-refractivity contribution is 0.0894. The summed E-state index contributed by atoms with van der Waals surface area (Å²) in [6, 6.07) is 6.96. The Morgan fingerprint density at radius 3 is 3.11 bits per heavy atom. The number of ether oxygens (including phenoxy) is 1. The van der Waals surface area contributed by atoms with Gasteiger partial charge >= 0.3 is 6.03 Å². The van der Waals surface area contributed by atoms with Crippen molar-refractivity contribution in [2.45, 2.75) is 18.9 Å². The maximum absolute atomic E-state index is 11.9. The van der Waals surface area contributed by atoms with E-state index < -0.39 is 0 Å². The van der Waals surface area contributed by atoms with Gasteiger partial charge in [0.2, 0.25) is 0 Å². The van der Waals surface area contributed by atoms with Crippen molar-refractivity contribution in [1.82, 2.24) is 4.90 Å². The molecule has 18 heavy (non-hydrogen) atoms. The largest absolute Gasteiger partial charge is 0.376 e. The van der Waals surface area contributed by atoms with Crippen molar-refractivity contribution in [2.24, 2.45) is 0 Å². The van der Waals surface area contributed by atoms with Crippen LogP contribution < -0.4 is 5.32 Å². The molecule has 98 valence electrons. The van der Waals surface area contributed by atoms with Crippen molar-refractivity contribution >= 4 is 23.3 Å². The standard InChI is InChI=1S/C13H17ClN2O2/c1-16(9-12-6-3-7-18-12)13(17)15-11-5-2-4-10(14)8-11/h2,4-5,8,12H,3,6-7,9H2,1H3,(H,15,17). The SMILES string of the molecule is CN(CC1CCCO1)C(=O)Nc1cccc(Cl)c1. The van der Waals surface area contributed by atoms with Crippen LogP contribution in [0.2, 0.25) is 5.02 Å². The van der Waals surface area contributed by atoms with Crippen LogP contribution in [0.1, 0.15) is 12.8 Å². The van der Waals surface area contributed by atoms with Crippen LogP contribution in [0.15, 0.2) is 24.3 Å². The molecule has 0 spiro atoms. The number of hydrogen-bond acceptors (Lipinski definition) is 2. The number of carbonyl (C=O) groups is 1. The van der Waals surface area contributed by atoms with E-state index in [4.69, 9.17) is 16.3 Å². The zero-order chi connectivity index (χ0) is 13.0. The number of carbonyl (C=O) groups excluding carboxylic acids is 1. The normalized spacial score (nSPS) is 18.7. The molecule has 1 aromatic rings. The van der Waals surface area contributed by atoms with E-state index in [9.17, 15) is 4.79 Å². The molecule has 1 aromatic carbocycles. The average molecular weight is 269 g/mol. The molecule has 0 aliphatic carbocycles. The van der Waals surface area contributed by atoms with Crippen molar-refractivity contribution in [3.05, 3.63) is 29.3 Å². The fourth-order valence-corrected chi connectivity index (χ4v) is 2.15. The number of anilines is 1. The summed E-state index contributed by atoms with van der Waals surface area (Å²) >= 11 is 5.86. The first-order chi connectivity index (χ1) is 8.65. The fourth-order valence-electron chi connectivity index (χ4n) is 1.96. The second-order valence-electron chi connectivity index (χ2n) is 4.46. The summed E-state index contributed by atoms with van der Waals surface area (Å²) in [5.74, 6) is 0. The Morgan fingerprint density at radius 1 is 1.61 bits per heavy atom. The molecule has 0 aromatic heterocycles. The van der Waals surface area contributed by atoms with Gasteiger partial charge in [0.05, 0.1) is 6.10 Å². The maximum atomic E-state index is 11.9. The van der Waals surface area contributed by atoms with Crippen LogP contribution >= 0.6 is 11.6 Å². The molecule has 1 atom stereocenters. The molecule has 2 amide bonds. The Bertz CT molecular complexity index is 419. The molecule has 1 aliphatic rings. The first-order valence-corrected chi connectivity index (χ1v) is 6.42. The van der Waals surface area contributed by atoms with Crippen LogP contribution in [0.5, 0.6) is 0 Å². The zero-order valence-electron chi connectivity index (χ0n) is 10.4. The van der Waals surface area contributed by atoms with Crippen molar-refractivity contribution in [3.63, 3.8) is 0 Å². The van der Waals surface area contributed by atoms with Crippen LogP contribution in [0, 0.1) is 0 Å². The van der Waals surface area contributed by atoms with Gasteiger partial charge in [0.15, 0.2) is 0 Å². The molecule has 1 aliphatic heterocycles. The van der Waals surface area contributed by atoms with Gasteiger partial charge in [-0.15, -0.1) is 0 Å². The van der Waals surface area contributed by atoms with Crippen molar-refractivity contribution in [3.8, 4) is 0 Å². The van der Waals surface area contributed by atoms with Gasteiger partial charge in [-0.3, -0.25) is 0 Å². The van der Waals surface area contributed by atoms with E-state index in [1.807, 2.05) is 6.07 Å². The zero-order valence-corrected chi connectivity index (χ0v) is 11.1. The quantitative estimate of drug-likeness (QED) is 0.916. The van der Waals surface area contributed by atoms with Crippen LogP contribution in [0.25, 0.3) is 0 Å². The predicted molar refractivity (Wildman–Crippen MR) is 72.1 cm³/mol. The number of nitrogens with one attached hydrogen (secondary N) is 1. The number of nitrogens with zero attached hydrogens (tertiary/aromatic N) is 1. The lowest BCUT2D eigenvalue weighted by Crippen LogP contribution is -2.37. The summed E-state index contributed by atoms with van der Waals surface area (Å²) in [5, 5.41) is 3.41. The summed E-state index contributed by atoms with van der Waals surface area (Å²) in [4.78, 5) is 13.6. The third kappa shape index (κ3) is 3.62. The van der Waals surface area contributed by atoms with Crippen LogP contribution in [0.4, 0.5) is 10.5 Å². The Balaban J connectivity index is 1.86. The molecule has 1 fully saturated rings. The predicted octanol–water partition coefficient (Wildman–Crippen LogP) is 2.98. The minimum Gasteiger partial charge on any atom is -0.376 e. The smallest absolute Gasteiger partial charge is 0.321 e. The fraction of sp³-hybridized carbons (Fsp3) is 0.462. The first kappa shape index (κ1) is 13.2. The number of hydrogen-bond donors (Lipinski definition) is 1. The number of likely N-dealkylation sites (N-methyl/N-ethyl adjacent to an activating group) is 1. The highest BCUT2D eigenvalue weighted by atomic mass is 35.5. The summed E-state index contributed by atoms with van der Waals surface area (Å²) in [7, 11) is 1.77. The molecule has 5 heteroatoms. The van der Waals surface area contributed by atoms with Crippen molar-refractivity contribution in [2.75, 3.05) is 25.5 Å². The molecule has 1 unspecified atom stereocenters. The molecule has 1 saturated heterocycles. The molecular weight excluding hydrogens is 252 g/mol. The van der Waals surface area contributed by atoms with Gasteiger partial charge in [0, 0.05) is 30.9 Å². The molecule has 0 radical (unpaired) electrons. The molecule has 1 heterocycles. The van der Waals surface area contributed by atoms with Gasteiger partial charge in [0.1, 0.15) is 0 Å². The second kappa shape index (κ2) is 6.07. The number of rotatable bonds is 3. The number of urea groups is 1. The summed E-state index contributed by atoms with van der Waals surface area (Å²) < 4.78 is 5.50. The van der Waals surface area contributed by atoms with Gasteiger partial charge < -0.3 is 15.0 Å². The minimum absolute atomic E-state index is 0.146. The Kier molecular flexibility index (Phi) is 4.44. The Labute approximate surface area is 112 Å². The highest BCUT2D eigenvalue weighted by molar-refractivity contribution is 6.30. The number of benzene rings is 1. The van der Waals surface area contributed by atoms with Gasteiger partial charge in [-0.25, -0.2) is 4.79 Å². The topological polar surface area (TPSA) is 41.6 Å². The van der Waals surface area contributed by atoms with Gasteiger partial charge in [-0.2, -0.15) is 0 Å². The summed E-state index contributed by atoms with van der Waals surface area (Å²) in [6.07, 6.45) is 2.27. The van der Waals surface area contributed by atoms with E-state index in [1.165, 1.54) is 0 Å². The van der Waals surface area contributed by atoms with Crippen LogP contribution in [0.3, 0.4) is 0 Å². The van der Waals surface area contributed by atoms with Gasteiger partial charge in [0.25, 0.3) is 0 Å². The molecule has 4 nitrogen and oxygen atoms in total. The second-order valence-corrected chi connectivity index (χ2v) is 4.89. The van der Waals surface area contributed by atoms with Crippen LogP contribution in [-0.4, -0.2) is 37.2 Å². The monoisotopic (exact) mass is 268 g/mol. The summed E-state index contributed by atoms with van der Waals surface area (Å²) in [6.45, 7) is 1.42. The third-order valence-electron chi connectivity index (χ3n) is 2.92. The highest BCUT2D eigenvalue weighted by Gasteiger charge is 2.19.